The molecule has 0 bridgehead atoms. The predicted molar refractivity (Wildman–Crippen MR) is 63.1 cm³/mol. The first-order valence-electron chi connectivity index (χ1n) is 5.22. The van der Waals surface area contributed by atoms with Crippen molar-refractivity contribution in [1.82, 2.24) is 20.2 Å². The average molecular weight is 229 g/mol. The summed E-state index contributed by atoms with van der Waals surface area (Å²) in [6, 6.07) is 1.91. The van der Waals surface area contributed by atoms with Gasteiger partial charge in [-0.15, -0.1) is 0 Å². The molecular formula is C11H11N5O. The lowest BCUT2D eigenvalue weighted by Crippen LogP contribution is -1.92. The van der Waals surface area contributed by atoms with Crippen molar-refractivity contribution in [3.8, 4) is 0 Å². The molecule has 0 radical (unpaired) electrons. The summed E-state index contributed by atoms with van der Waals surface area (Å²) in [4.78, 5) is 8.41. The molecular weight excluding hydrogens is 218 g/mol. The fourth-order valence-corrected chi connectivity index (χ4v) is 1.69. The zero-order chi connectivity index (χ0) is 11.8. The number of hydrogen-bond acceptors (Lipinski definition) is 5. The van der Waals surface area contributed by atoms with E-state index in [4.69, 9.17) is 4.42 Å². The highest BCUT2D eigenvalue weighted by Gasteiger charge is 2.08. The number of pyridine rings is 1. The summed E-state index contributed by atoms with van der Waals surface area (Å²) < 4.78 is 5.41. The number of fused-ring (bicyclic) bond motifs is 1. The molecule has 3 heterocycles. The second kappa shape index (κ2) is 3.58. The molecule has 6 nitrogen and oxygen atoms in total. The number of nitrogens with one attached hydrogen (secondary N) is 2. The molecule has 3 rings (SSSR count). The van der Waals surface area contributed by atoms with Crippen LogP contribution in [0.2, 0.25) is 0 Å². The number of H-pyrrole nitrogens is 1. The van der Waals surface area contributed by atoms with Gasteiger partial charge in [-0.2, -0.15) is 5.10 Å². The lowest BCUT2D eigenvalue weighted by atomic mass is 10.3. The van der Waals surface area contributed by atoms with Gasteiger partial charge in [0.05, 0.1) is 23.8 Å². The van der Waals surface area contributed by atoms with Crippen molar-refractivity contribution in [2.24, 2.45) is 0 Å². The van der Waals surface area contributed by atoms with E-state index < -0.39 is 0 Å². The van der Waals surface area contributed by atoms with Crippen molar-refractivity contribution >= 4 is 22.6 Å². The molecule has 0 saturated heterocycles. The number of oxazole rings is 1. The number of aromatic nitrogens is 4. The van der Waals surface area contributed by atoms with Crippen molar-refractivity contribution in [2.75, 3.05) is 5.32 Å². The smallest absolute Gasteiger partial charge is 0.192 e. The fraction of sp³-hybridized carbons (Fsp3) is 0.182. The molecule has 0 atom stereocenters. The Balaban J connectivity index is 2.05. The van der Waals surface area contributed by atoms with Crippen LogP contribution < -0.4 is 5.32 Å². The summed E-state index contributed by atoms with van der Waals surface area (Å²) in [6.07, 6.45) is 3.36. The summed E-state index contributed by atoms with van der Waals surface area (Å²) in [5.41, 5.74) is 3.15. The monoisotopic (exact) mass is 229 g/mol. The summed E-state index contributed by atoms with van der Waals surface area (Å²) in [7, 11) is 0. The standard InChI is InChI=1S/C11H11N5O/c1-6-3-10(16-15-6)14-8-4-12-5-9-11(8)13-7(2)17-9/h3-5H,1-2H3,(H2,14,15,16). The zero-order valence-corrected chi connectivity index (χ0v) is 9.48. The third kappa shape index (κ3) is 1.73. The first-order valence-corrected chi connectivity index (χ1v) is 5.22. The van der Waals surface area contributed by atoms with Gasteiger partial charge in [0.25, 0.3) is 0 Å². The summed E-state index contributed by atoms with van der Waals surface area (Å²) in [5.74, 6) is 1.43. The van der Waals surface area contributed by atoms with E-state index in [0.717, 1.165) is 22.7 Å². The molecule has 0 aromatic carbocycles. The molecule has 86 valence electrons. The summed E-state index contributed by atoms with van der Waals surface area (Å²) >= 11 is 0. The van der Waals surface area contributed by atoms with Crippen molar-refractivity contribution in [1.29, 1.82) is 0 Å². The third-order valence-electron chi connectivity index (χ3n) is 2.39. The van der Waals surface area contributed by atoms with Crippen LogP contribution in [0.5, 0.6) is 0 Å². The van der Waals surface area contributed by atoms with Gasteiger partial charge in [0, 0.05) is 13.0 Å². The minimum atomic E-state index is 0.622. The van der Waals surface area contributed by atoms with Gasteiger partial charge in [0.1, 0.15) is 11.3 Å². The molecule has 0 aliphatic carbocycles. The van der Waals surface area contributed by atoms with Crippen LogP contribution in [0.1, 0.15) is 11.6 Å². The van der Waals surface area contributed by atoms with Gasteiger partial charge < -0.3 is 9.73 Å². The Hall–Kier alpha value is -2.37. The Labute approximate surface area is 97.1 Å². The second-order valence-electron chi connectivity index (χ2n) is 3.81. The van der Waals surface area contributed by atoms with Gasteiger partial charge in [0.15, 0.2) is 11.5 Å². The molecule has 0 unspecified atom stereocenters. The number of hydrogen-bond donors (Lipinski definition) is 2. The van der Waals surface area contributed by atoms with E-state index in [1.165, 1.54) is 0 Å². The molecule has 17 heavy (non-hydrogen) atoms. The SMILES string of the molecule is Cc1cc(Nc2cncc3oc(C)nc23)[nH]n1. The van der Waals surface area contributed by atoms with Crippen LogP contribution in [0.15, 0.2) is 22.9 Å². The van der Waals surface area contributed by atoms with Crippen molar-refractivity contribution in [2.45, 2.75) is 13.8 Å². The van der Waals surface area contributed by atoms with Gasteiger partial charge in [-0.3, -0.25) is 10.1 Å². The highest BCUT2D eigenvalue weighted by Crippen LogP contribution is 2.24. The minimum Gasteiger partial charge on any atom is -0.439 e. The summed E-state index contributed by atoms with van der Waals surface area (Å²) in [5, 5.41) is 10.1. The molecule has 0 aliphatic heterocycles. The molecule has 3 aromatic heterocycles. The van der Waals surface area contributed by atoms with Crippen LogP contribution in [0.3, 0.4) is 0 Å². The topological polar surface area (TPSA) is 79.6 Å². The molecule has 3 aromatic rings. The fourth-order valence-electron chi connectivity index (χ4n) is 1.69. The van der Waals surface area contributed by atoms with Gasteiger partial charge in [-0.05, 0) is 6.92 Å². The Morgan fingerprint density at radius 1 is 1.29 bits per heavy atom. The Morgan fingerprint density at radius 3 is 2.94 bits per heavy atom. The molecule has 0 amide bonds. The van der Waals surface area contributed by atoms with Gasteiger partial charge >= 0.3 is 0 Å². The van der Waals surface area contributed by atoms with Crippen LogP contribution >= 0.6 is 0 Å². The predicted octanol–water partition coefficient (Wildman–Crippen LogP) is 2.31. The van der Waals surface area contributed by atoms with E-state index in [9.17, 15) is 0 Å². The van der Waals surface area contributed by atoms with Crippen molar-refractivity contribution in [3.05, 3.63) is 30.0 Å². The zero-order valence-electron chi connectivity index (χ0n) is 9.48. The van der Waals surface area contributed by atoms with E-state index >= 15 is 0 Å². The highest BCUT2D eigenvalue weighted by molar-refractivity contribution is 5.87. The Kier molecular flexibility index (Phi) is 2.07. The van der Waals surface area contributed by atoms with E-state index in [2.05, 4.69) is 25.5 Å². The van der Waals surface area contributed by atoms with Gasteiger partial charge in [0.2, 0.25) is 0 Å². The van der Waals surface area contributed by atoms with Crippen molar-refractivity contribution < 1.29 is 4.42 Å². The average Bonchev–Trinajstić information content (AvgIpc) is 2.84. The van der Waals surface area contributed by atoms with Gasteiger partial charge in [-0.1, -0.05) is 0 Å². The number of anilines is 2. The molecule has 0 saturated carbocycles. The Morgan fingerprint density at radius 2 is 2.18 bits per heavy atom. The van der Waals surface area contributed by atoms with E-state index in [-0.39, 0.29) is 0 Å². The lowest BCUT2D eigenvalue weighted by Gasteiger charge is -2.01. The minimum absolute atomic E-state index is 0.622. The number of aromatic amines is 1. The maximum Gasteiger partial charge on any atom is 0.192 e. The van der Waals surface area contributed by atoms with Crippen molar-refractivity contribution in [3.63, 3.8) is 0 Å². The van der Waals surface area contributed by atoms with Crippen LogP contribution in [0.25, 0.3) is 11.1 Å². The number of rotatable bonds is 2. The Bertz CT molecular complexity index is 669. The molecule has 0 fully saturated rings. The third-order valence-corrected chi connectivity index (χ3v) is 2.39. The van der Waals surface area contributed by atoms with Crippen LogP contribution in [-0.4, -0.2) is 20.2 Å². The van der Waals surface area contributed by atoms with E-state index in [1.807, 2.05) is 19.9 Å². The highest BCUT2D eigenvalue weighted by atomic mass is 16.3. The van der Waals surface area contributed by atoms with E-state index in [0.29, 0.717) is 11.5 Å². The summed E-state index contributed by atoms with van der Waals surface area (Å²) in [6.45, 7) is 3.73. The van der Waals surface area contributed by atoms with Gasteiger partial charge in [-0.25, -0.2) is 4.98 Å². The molecule has 0 aliphatic rings. The normalized spacial score (nSPS) is 10.9. The lowest BCUT2D eigenvalue weighted by molar-refractivity contribution is 0.560. The largest absolute Gasteiger partial charge is 0.439 e. The van der Waals surface area contributed by atoms with Crippen LogP contribution in [0.4, 0.5) is 11.5 Å². The number of aryl methyl sites for hydroxylation is 2. The van der Waals surface area contributed by atoms with E-state index in [1.54, 1.807) is 12.4 Å². The number of nitrogens with zero attached hydrogens (tertiary/aromatic N) is 3. The maximum atomic E-state index is 5.41. The first-order chi connectivity index (χ1) is 8.22. The molecule has 2 N–H and O–H groups in total. The van der Waals surface area contributed by atoms with Crippen LogP contribution in [0, 0.1) is 13.8 Å². The first kappa shape index (κ1) is 9.83. The quantitative estimate of drug-likeness (QED) is 0.704. The maximum absolute atomic E-state index is 5.41. The molecule has 0 spiro atoms. The molecule has 6 heteroatoms. The van der Waals surface area contributed by atoms with Crippen LogP contribution in [-0.2, 0) is 0 Å². The second-order valence-corrected chi connectivity index (χ2v) is 3.81.